The van der Waals surface area contributed by atoms with Crippen LogP contribution in [0.3, 0.4) is 0 Å². The molecule has 1 aliphatic carbocycles. The fourth-order valence-corrected chi connectivity index (χ4v) is 2.63. The summed E-state index contributed by atoms with van der Waals surface area (Å²) < 4.78 is 0. The molecule has 1 amide bonds. The van der Waals surface area contributed by atoms with E-state index in [-0.39, 0.29) is 12.1 Å². The molecule has 0 heterocycles. The van der Waals surface area contributed by atoms with Crippen LogP contribution in [0.2, 0.25) is 0 Å². The van der Waals surface area contributed by atoms with Crippen molar-refractivity contribution >= 4 is 6.09 Å². The highest BCUT2D eigenvalue weighted by molar-refractivity contribution is 5.65. The number of carboxylic acid groups (broad SMARTS) is 1. The van der Waals surface area contributed by atoms with Crippen molar-refractivity contribution in [2.75, 3.05) is 0 Å². The number of hydrogen-bond acceptors (Lipinski definition) is 2. The van der Waals surface area contributed by atoms with E-state index >= 15 is 0 Å². The van der Waals surface area contributed by atoms with Gasteiger partial charge < -0.3 is 10.8 Å². The van der Waals surface area contributed by atoms with Crippen LogP contribution < -0.4 is 5.73 Å². The maximum Gasteiger partial charge on any atom is 0.407 e. The molecular formula is C14H20N2O2. The van der Waals surface area contributed by atoms with Crippen molar-refractivity contribution in [3.8, 4) is 0 Å². The Balaban J connectivity index is 2.10. The monoisotopic (exact) mass is 248 g/mol. The van der Waals surface area contributed by atoms with Crippen LogP contribution in [-0.4, -0.2) is 28.2 Å². The second-order valence-corrected chi connectivity index (χ2v) is 4.91. The Morgan fingerprint density at radius 3 is 2.56 bits per heavy atom. The van der Waals surface area contributed by atoms with Crippen LogP contribution in [0.5, 0.6) is 0 Å². The molecule has 2 rings (SSSR count). The fraction of sp³-hybridized carbons (Fsp3) is 0.500. The standard InChI is InChI=1S/C14H20N2O2/c15-12-8-4-5-9-13(12)16(14(17)18)10-11-6-2-1-3-7-11/h1-3,6-7,12-13H,4-5,8-10,15H2,(H,17,18)/t12-,13+/m1/s1. The largest absolute Gasteiger partial charge is 0.465 e. The van der Waals surface area contributed by atoms with Gasteiger partial charge in [-0.2, -0.15) is 0 Å². The average Bonchev–Trinajstić information content (AvgIpc) is 2.38. The smallest absolute Gasteiger partial charge is 0.407 e. The Morgan fingerprint density at radius 1 is 1.28 bits per heavy atom. The summed E-state index contributed by atoms with van der Waals surface area (Å²) in [6.07, 6.45) is 3.10. The van der Waals surface area contributed by atoms with Crippen LogP contribution in [0.4, 0.5) is 4.79 Å². The van der Waals surface area contributed by atoms with E-state index in [1.807, 2.05) is 30.3 Å². The lowest BCUT2D eigenvalue weighted by atomic mass is 9.90. The van der Waals surface area contributed by atoms with Crippen molar-refractivity contribution in [1.82, 2.24) is 4.90 Å². The quantitative estimate of drug-likeness (QED) is 0.863. The number of hydrogen-bond donors (Lipinski definition) is 2. The van der Waals surface area contributed by atoms with Crippen LogP contribution in [0, 0.1) is 0 Å². The molecule has 18 heavy (non-hydrogen) atoms. The normalized spacial score (nSPS) is 23.6. The van der Waals surface area contributed by atoms with Gasteiger partial charge in [-0.05, 0) is 18.4 Å². The minimum atomic E-state index is -0.874. The minimum Gasteiger partial charge on any atom is -0.465 e. The molecule has 1 aliphatic rings. The molecule has 3 N–H and O–H groups in total. The first-order valence-corrected chi connectivity index (χ1v) is 6.47. The van der Waals surface area contributed by atoms with Gasteiger partial charge in [-0.1, -0.05) is 43.2 Å². The molecule has 0 radical (unpaired) electrons. The van der Waals surface area contributed by atoms with Crippen LogP contribution in [0.1, 0.15) is 31.2 Å². The van der Waals surface area contributed by atoms with Crippen LogP contribution in [-0.2, 0) is 6.54 Å². The number of rotatable bonds is 3. The summed E-state index contributed by atoms with van der Waals surface area (Å²) >= 11 is 0. The third-order valence-corrected chi connectivity index (χ3v) is 3.62. The molecule has 2 atom stereocenters. The Bertz CT molecular complexity index is 394. The molecule has 0 aliphatic heterocycles. The summed E-state index contributed by atoms with van der Waals surface area (Å²) in [5, 5.41) is 9.37. The summed E-state index contributed by atoms with van der Waals surface area (Å²) in [6, 6.07) is 9.61. The third-order valence-electron chi connectivity index (χ3n) is 3.62. The van der Waals surface area contributed by atoms with E-state index in [9.17, 15) is 9.90 Å². The highest BCUT2D eigenvalue weighted by Crippen LogP contribution is 2.23. The Hall–Kier alpha value is -1.55. The van der Waals surface area contributed by atoms with Crippen molar-refractivity contribution in [2.24, 2.45) is 5.73 Å². The average molecular weight is 248 g/mol. The Labute approximate surface area is 107 Å². The Kier molecular flexibility index (Phi) is 4.20. The molecule has 0 spiro atoms. The van der Waals surface area contributed by atoms with E-state index in [1.165, 1.54) is 4.90 Å². The van der Waals surface area contributed by atoms with Crippen LogP contribution >= 0.6 is 0 Å². The van der Waals surface area contributed by atoms with Gasteiger partial charge in [-0.3, -0.25) is 4.90 Å². The summed E-state index contributed by atoms with van der Waals surface area (Å²) in [7, 11) is 0. The topological polar surface area (TPSA) is 66.6 Å². The molecule has 1 aromatic carbocycles. The summed E-state index contributed by atoms with van der Waals surface area (Å²) in [5.74, 6) is 0. The van der Waals surface area contributed by atoms with Crippen molar-refractivity contribution in [2.45, 2.75) is 44.3 Å². The van der Waals surface area contributed by atoms with Gasteiger partial charge in [-0.25, -0.2) is 4.79 Å². The molecule has 4 heteroatoms. The molecule has 1 aromatic rings. The highest BCUT2D eigenvalue weighted by atomic mass is 16.4. The molecular weight excluding hydrogens is 228 g/mol. The lowest BCUT2D eigenvalue weighted by Crippen LogP contribution is -2.51. The molecule has 1 fully saturated rings. The van der Waals surface area contributed by atoms with Crippen LogP contribution in [0.15, 0.2) is 30.3 Å². The van der Waals surface area contributed by atoms with Gasteiger partial charge in [0, 0.05) is 12.6 Å². The molecule has 0 bridgehead atoms. The van der Waals surface area contributed by atoms with E-state index in [0.717, 1.165) is 31.2 Å². The molecule has 4 nitrogen and oxygen atoms in total. The van der Waals surface area contributed by atoms with Gasteiger partial charge in [0.15, 0.2) is 0 Å². The van der Waals surface area contributed by atoms with E-state index in [1.54, 1.807) is 0 Å². The van der Waals surface area contributed by atoms with Gasteiger partial charge in [0.2, 0.25) is 0 Å². The first-order chi connectivity index (χ1) is 8.68. The van der Waals surface area contributed by atoms with Gasteiger partial charge in [0.1, 0.15) is 0 Å². The predicted molar refractivity (Wildman–Crippen MR) is 70.2 cm³/mol. The summed E-state index contributed by atoms with van der Waals surface area (Å²) in [6.45, 7) is 0.425. The summed E-state index contributed by atoms with van der Waals surface area (Å²) in [4.78, 5) is 12.9. The number of carbonyl (C=O) groups is 1. The van der Waals surface area contributed by atoms with E-state index in [4.69, 9.17) is 5.73 Å². The number of nitrogens with zero attached hydrogens (tertiary/aromatic N) is 1. The van der Waals surface area contributed by atoms with Crippen molar-refractivity contribution in [1.29, 1.82) is 0 Å². The first-order valence-electron chi connectivity index (χ1n) is 6.47. The highest BCUT2D eigenvalue weighted by Gasteiger charge is 2.30. The minimum absolute atomic E-state index is 0.0291. The van der Waals surface area contributed by atoms with Crippen molar-refractivity contribution in [3.05, 3.63) is 35.9 Å². The van der Waals surface area contributed by atoms with Gasteiger partial charge in [0.25, 0.3) is 0 Å². The first kappa shape index (κ1) is 12.9. The number of benzene rings is 1. The van der Waals surface area contributed by atoms with Crippen molar-refractivity contribution in [3.63, 3.8) is 0 Å². The lowest BCUT2D eigenvalue weighted by molar-refractivity contribution is 0.0986. The molecule has 98 valence electrons. The van der Waals surface area contributed by atoms with Gasteiger partial charge in [-0.15, -0.1) is 0 Å². The van der Waals surface area contributed by atoms with Crippen molar-refractivity contribution < 1.29 is 9.90 Å². The number of amides is 1. The predicted octanol–water partition coefficient (Wildman–Crippen LogP) is 2.44. The maximum absolute atomic E-state index is 11.4. The Morgan fingerprint density at radius 2 is 1.94 bits per heavy atom. The SMILES string of the molecule is N[C@@H]1CCCC[C@@H]1N(Cc1ccccc1)C(=O)O. The summed E-state index contributed by atoms with van der Waals surface area (Å²) in [5.41, 5.74) is 7.08. The molecule has 0 unspecified atom stereocenters. The second kappa shape index (κ2) is 5.87. The molecule has 0 saturated heterocycles. The van der Waals surface area contributed by atoms with Gasteiger partial charge >= 0.3 is 6.09 Å². The molecule has 0 aromatic heterocycles. The third kappa shape index (κ3) is 3.01. The number of nitrogens with two attached hydrogens (primary N) is 1. The van der Waals surface area contributed by atoms with Gasteiger partial charge in [0.05, 0.1) is 6.04 Å². The zero-order chi connectivity index (χ0) is 13.0. The van der Waals surface area contributed by atoms with E-state index in [2.05, 4.69) is 0 Å². The lowest BCUT2D eigenvalue weighted by Gasteiger charge is -2.36. The zero-order valence-electron chi connectivity index (χ0n) is 10.5. The zero-order valence-corrected chi connectivity index (χ0v) is 10.5. The van der Waals surface area contributed by atoms with E-state index < -0.39 is 6.09 Å². The maximum atomic E-state index is 11.4. The van der Waals surface area contributed by atoms with E-state index in [0.29, 0.717) is 6.54 Å². The second-order valence-electron chi connectivity index (χ2n) is 4.91. The van der Waals surface area contributed by atoms with Crippen LogP contribution in [0.25, 0.3) is 0 Å². The fourth-order valence-electron chi connectivity index (χ4n) is 2.63. The molecule has 1 saturated carbocycles.